The molecule has 3 rings (SSSR count). The van der Waals surface area contributed by atoms with E-state index in [9.17, 15) is 0 Å². The fourth-order valence-corrected chi connectivity index (χ4v) is 2.46. The molecule has 2 aromatic rings. The van der Waals surface area contributed by atoms with E-state index < -0.39 is 0 Å². The lowest BCUT2D eigenvalue weighted by Gasteiger charge is -2.25. The van der Waals surface area contributed by atoms with E-state index in [0.29, 0.717) is 16.8 Å². The van der Waals surface area contributed by atoms with Crippen molar-refractivity contribution in [3.63, 3.8) is 0 Å². The second-order valence-electron chi connectivity index (χ2n) is 4.55. The summed E-state index contributed by atoms with van der Waals surface area (Å²) in [4.78, 5) is 8.51. The number of piperidine rings is 1. The van der Waals surface area contributed by atoms with Gasteiger partial charge in [0.2, 0.25) is 0 Å². The van der Waals surface area contributed by atoms with Gasteiger partial charge in [0, 0.05) is 17.6 Å². The van der Waals surface area contributed by atoms with Gasteiger partial charge in [-0.3, -0.25) is 0 Å². The van der Waals surface area contributed by atoms with Gasteiger partial charge in [0.05, 0.1) is 5.69 Å². The third-order valence-electron chi connectivity index (χ3n) is 3.24. The maximum Gasteiger partial charge on any atom is 0.160 e. The standard InChI is InChI=1S/C13H15ClN4.ClH/c14-12-11(17-10-3-6-15-7-4-10)8-9-2-1-5-16-13(9)18-12;/h1-2,5,8,10,15,17H,3-4,6-7H2;1H. The lowest BCUT2D eigenvalue weighted by atomic mass is 10.1. The van der Waals surface area contributed by atoms with Crippen molar-refractivity contribution in [2.45, 2.75) is 18.9 Å². The largest absolute Gasteiger partial charge is 0.380 e. The molecule has 0 spiro atoms. The lowest BCUT2D eigenvalue weighted by molar-refractivity contribution is 0.479. The van der Waals surface area contributed by atoms with Crippen LogP contribution in [0.2, 0.25) is 5.15 Å². The molecule has 102 valence electrons. The van der Waals surface area contributed by atoms with Crippen LogP contribution >= 0.6 is 24.0 Å². The summed E-state index contributed by atoms with van der Waals surface area (Å²) in [5.41, 5.74) is 1.60. The van der Waals surface area contributed by atoms with Gasteiger partial charge >= 0.3 is 0 Å². The highest BCUT2D eigenvalue weighted by atomic mass is 35.5. The highest BCUT2D eigenvalue weighted by Crippen LogP contribution is 2.25. The maximum absolute atomic E-state index is 6.19. The molecule has 0 aromatic carbocycles. The molecule has 0 saturated carbocycles. The molecule has 0 bridgehead atoms. The van der Waals surface area contributed by atoms with Gasteiger partial charge in [-0.1, -0.05) is 11.6 Å². The SMILES string of the molecule is Cl.Clc1nc2ncccc2cc1NC1CCNCC1. The molecule has 2 N–H and O–H groups in total. The smallest absolute Gasteiger partial charge is 0.160 e. The summed E-state index contributed by atoms with van der Waals surface area (Å²) in [5, 5.41) is 8.34. The number of aromatic nitrogens is 2. The Kier molecular flexibility index (Phi) is 4.80. The molecule has 19 heavy (non-hydrogen) atoms. The van der Waals surface area contributed by atoms with Gasteiger partial charge in [-0.05, 0) is 44.1 Å². The Morgan fingerprint density at radius 3 is 2.89 bits per heavy atom. The monoisotopic (exact) mass is 298 g/mol. The number of hydrogen-bond acceptors (Lipinski definition) is 4. The van der Waals surface area contributed by atoms with E-state index in [-0.39, 0.29) is 12.4 Å². The van der Waals surface area contributed by atoms with Crippen molar-refractivity contribution in [2.75, 3.05) is 18.4 Å². The number of fused-ring (bicyclic) bond motifs is 1. The molecular formula is C13H16Cl2N4. The molecule has 2 aromatic heterocycles. The van der Waals surface area contributed by atoms with Gasteiger partial charge in [-0.2, -0.15) is 0 Å². The summed E-state index contributed by atoms with van der Waals surface area (Å²) < 4.78 is 0. The van der Waals surface area contributed by atoms with Crippen LogP contribution in [0.1, 0.15) is 12.8 Å². The normalized spacial score (nSPS) is 16.1. The van der Waals surface area contributed by atoms with Crippen LogP contribution in [0.3, 0.4) is 0 Å². The van der Waals surface area contributed by atoms with Crippen LogP contribution < -0.4 is 10.6 Å². The van der Waals surface area contributed by atoms with Crippen LogP contribution in [0.15, 0.2) is 24.4 Å². The number of nitrogens with zero attached hydrogens (tertiary/aromatic N) is 2. The third-order valence-corrected chi connectivity index (χ3v) is 3.53. The second kappa shape index (κ2) is 6.37. The number of nitrogens with one attached hydrogen (secondary N) is 2. The third kappa shape index (κ3) is 3.26. The molecule has 0 radical (unpaired) electrons. The Bertz CT molecular complexity index is 555. The first kappa shape index (κ1) is 14.3. The van der Waals surface area contributed by atoms with Crippen molar-refractivity contribution in [1.82, 2.24) is 15.3 Å². The van der Waals surface area contributed by atoms with Crippen LogP contribution in [0.4, 0.5) is 5.69 Å². The minimum atomic E-state index is 0. The van der Waals surface area contributed by atoms with E-state index in [4.69, 9.17) is 11.6 Å². The minimum absolute atomic E-state index is 0. The minimum Gasteiger partial charge on any atom is -0.380 e. The molecular weight excluding hydrogens is 283 g/mol. The fraction of sp³-hybridized carbons (Fsp3) is 0.385. The van der Waals surface area contributed by atoms with Gasteiger partial charge < -0.3 is 10.6 Å². The van der Waals surface area contributed by atoms with Crippen molar-refractivity contribution in [1.29, 1.82) is 0 Å². The predicted octanol–water partition coefficient (Wildman–Crippen LogP) is 2.87. The van der Waals surface area contributed by atoms with Crippen molar-refractivity contribution in [3.8, 4) is 0 Å². The molecule has 1 saturated heterocycles. The van der Waals surface area contributed by atoms with Crippen molar-refractivity contribution >= 4 is 40.7 Å². The molecule has 4 nitrogen and oxygen atoms in total. The predicted molar refractivity (Wildman–Crippen MR) is 81.3 cm³/mol. The summed E-state index contributed by atoms with van der Waals surface area (Å²) in [6, 6.07) is 6.41. The molecule has 0 unspecified atom stereocenters. The van der Waals surface area contributed by atoms with Crippen LogP contribution in [0, 0.1) is 0 Å². The maximum atomic E-state index is 6.19. The summed E-state index contributed by atoms with van der Waals surface area (Å²) in [5.74, 6) is 0. The first-order valence-electron chi connectivity index (χ1n) is 6.21. The summed E-state index contributed by atoms with van der Waals surface area (Å²) in [6.45, 7) is 2.11. The second-order valence-corrected chi connectivity index (χ2v) is 4.90. The average Bonchev–Trinajstić information content (AvgIpc) is 2.41. The summed E-state index contributed by atoms with van der Waals surface area (Å²) >= 11 is 6.19. The molecule has 3 heterocycles. The number of hydrogen-bond donors (Lipinski definition) is 2. The molecule has 0 atom stereocenters. The molecule has 1 aliphatic heterocycles. The van der Waals surface area contributed by atoms with Gasteiger partial charge in [0.15, 0.2) is 10.8 Å². The zero-order valence-corrected chi connectivity index (χ0v) is 12.0. The number of pyridine rings is 2. The topological polar surface area (TPSA) is 49.8 Å². The van der Waals surface area contributed by atoms with E-state index in [1.165, 1.54) is 0 Å². The van der Waals surface area contributed by atoms with Gasteiger partial charge in [-0.25, -0.2) is 9.97 Å². The van der Waals surface area contributed by atoms with Gasteiger partial charge in [0.25, 0.3) is 0 Å². The first-order chi connectivity index (χ1) is 8.83. The highest BCUT2D eigenvalue weighted by Gasteiger charge is 2.14. The fourth-order valence-electron chi connectivity index (χ4n) is 2.27. The zero-order valence-electron chi connectivity index (χ0n) is 10.4. The Morgan fingerprint density at radius 2 is 2.11 bits per heavy atom. The van der Waals surface area contributed by atoms with Crippen molar-refractivity contribution in [3.05, 3.63) is 29.5 Å². The average molecular weight is 299 g/mol. The Balaban J connectivity index is 0.00000133. The Morgan fingerprint density at radius 1 is 1.32 bits per heavy atom. The number of anilines is 1. The summed E-state index contributed by atoms with van der Waals surface area (Å²) in [7, 11) is 0. The molecule has 1 fully saturated rings. The van der Waals surface area contributed by atoms with Gasteiger partial charge in [0.1, 0.15) is 0 Å². The van der Waals surface area contributed by atoms with Crippen molar-refractivity contribution < 1.29 is 0 Å². The zero-order chi connectivity index (χ0) is 12.4. The van der Waals surface area contributed by atoms with E-state index in [1.54, 1.807) is 6.20 Å². The Hall–Kier alpha value is -1.10. The highest BCUT2D eigenvalue weighted by molar-refractivity contribution is 6.32. The van der Waals surface area contributed by atoms with E-state index in [1.807, 2.05) is 18.2 Å². The molecule has 0 aliphatic carbocycles. The van der Waals surface area contributed by atoms with E-state index in [0.717, 1.165) is 37.0 Å². The van der Waals surface area contributed by atoms with Crippen LogP contribution in [-0.4, -0.2) is 29.1 Å². The van der Waals surface area contributed by atoms with Crippen molar-refractivity contribution in [2.24, 2.45) is 0 Å². The van der Waals surface area contributed by atoms with E-state index in [2.05, 4.69) is 20.6 Å². The van der Waals surface area contributed by atoms with Crippen LogP contribution in [0.25, 0.3) is 11.0 Å². The number of halogens is 2. The van der Waals surface area contributed by atoms with Crippen LogP contribution in [0.5, 0.6) is 0 Å². The molecule has 1 aliphatic rings. The lowest BCUT2D eigenvalue weighted by Crippen LogP contribution is -2.35. The number of rotatable bonds is 2. The first-order valence-corrected chi connectivity index (χ1v) is 6.59. The molecule has 0 amide bonds. The quantitative estimate of drug-likeness (QED) is 0.837. The Labute approximate surface area is 123 Å². The molecule has 6 heteroatoms. The van der Waals surface area contributed by atoms with Crippen LogP contribution in [-0.2, 0) is 0 Å². The van der Waals surface area contributed by atoms with Gasteiger partial charge in [-0.15, -0.1) is 12.4 Å². The summed E-state index contributed by atoms with van der Waals surface area (Å²) in [6.07, 6.45) is 3.95. The van der Waals surface area contributed by atoms with E-state index >= 15 is 0 Å².